The molecule has 1 heterocycles. The van der Waals surface area contributed by atoms with E-state index >= 15 is 0 Å². The van der Waals surface area contributed by atoms with Crippen LogP contribution < -0.4 is 4.78 Å². The smallest absolute Gasteiger partial charge is 0.430 e. The van der Waals surface area contributed by atoms with Crippen molar-refractivity contribution < 1.29 is 20.1 Å². The summed E-state index contributed by atoms with van der Waals surface area (Å²) in [4.78, 5) is 0. The molecule has 12 heavy (non-hydrogen) atoms. The highest BCUT2D eigenvalue weighted by Gasteiger charge is 2.12. The summed E-state index contributed by atoms with van der Waals surface area (Å²) in [5.74, 6) is 0. The van der Waals surface area contributed by atoms with Gasteiger partial charge >= 0.3 is 14.8 Å². The third-order valence-corrected chi connectivity index (χ3v) is 2.51. The lowest BCUT2D eigenvalue weighted by molar-refractivity contribution is 0.427. The van der Waals surface area contributed by atoms with Crippen LogP contribution in [-0.4, -0.2) is 34.9 Å². The van der Waals surface area contributed by atoms with E-state index in [9.17, 15) is 0 Å². The highest BCUT2D eigenvalue weighted by Crippen LogP contribution is 2.13. The standard InChI is InChI=1S/C4H4BBrO2S.BH3O2/c6-4-2-1-3(9-4)5(7)8;2-1-3/h1-2,7-8H;1-3H. The number of hydrogen-bond donors (Lipinski definition) is 4. The molecule has 1 aromatic rings. The summed E-state index contributed by atoms with van der Waals surface area (Å²) in [5, 5.41) is 31.4. The lowest BCUT2D eigenvalue weighted by atomic mass is 9.90. The van der Waals surface area contributed by atoms with Gasteiger partial charge in [-0.25, -0.2) is 0 Å². The van der Waals surface area contributed by atoms with Gasteiger partial charge < -0.3 is 20.1 Å². The normalized spacial score (nSPS) is 8.42. The Morgan fingerprint density at radius 3 is 2.00 bits per heavy atom. The SMILES string of the molecule is OB(O)c1ccc(Br)s1.OBO. The summed E-state index contributed by atoms with van der Waals surface area (Å²) in [6, 6.07) is 3.44. The van der Waals surface area contributed by atoms with Crippen molar-refractivity contribution in [2.24, 2.45) is 0 Å². The molecule has 66 valence electrons. The molecule has 1 rings (SSSR count). The van der Waals surface area contributed by atoms with Gasteiger partial charge in [-0.1, -0.05) is 6.07 Å². The summed E-state index contributed by atoms with van der Waals surface area (Å²) in [6.45, 7) is 0. The molecule has 0 unspecified atom stereocenters. The van der Waals surface area contributed by atoms with Crippen LogP contribution in [0.5, 0.6) is 0 Å². The molecule has 0 atom stereocenters. The summed E-state index contributed by atoms with van der Waals surface area (Å²) >= 11 is 4.51. The average Bonchev–Trinajstić information content (AvgIpc) is 2.37. The van der Waals surface area contributed by atoms with Gasteiger partial charge in [0, 0.05) is 4.78 Å². The second-order valence-corrected chi connectivity index (χ2v) is 4.15. The van der Waals surface area contributed by atoms with Crippen LogP contribution in [-0.2, 0) is 0 Å². The number of rotatable bonds is 1. The monoisotopic (exact) mass is 252 g/mol. The van der Waals surface area contributed by atoms with Gasteiger partial charge in [0.15, 0.2) is 0 Å². The Morgan fingerprint density at radius 1 is 1.33 bits per heavy atom. The molecule has 0 aliphatic rings. The second-order valence-electron chi connectivity index (χ2n) is 1.66. The first-order valence-electron chi connectivity index (χ1n) is 2.95. The molecular weight excluding hydrogens is 246 g/mol. The van der Waals surface area contributed by atoms with Crippen molar-refractivity contribution in [2.45, 2.75) is 0 Å². The molecule has 0 bridgehead atoms. The molecule has 0 spiro atoms. The average molecular weight is 253 g/mol. The van der Waals surface area contributed by atoms with E-state index < -0.39 is 14.8 Å². The van der Waals surface area contributed by atoms with Gasteiger partial charge in [-0.3, -0.25) is 0 Å². The first-order valence-corrected chi connectivity index (χ1v) is 4.55. The Balaban J connectivity index is 0.000000354. The fourth-order valence-corrected chi connectivity index (χ4v) is 1.76. The second kappa shape index (κ2) is 6.64. The molecule has 0 saturated carbocycles. The third kappa shape index (κ3) is 4.91. The Hall–Kier alpha value is 0.150. The van der Waals surface area contributed by atoms with Crippen molar-refractivity contribution in [3.63, 3.8) is 0 Å². The van der Waals surface area contributed by atoms with Crippen LogP contribution in [0.25, 0.3) is 0 Å². The van der Waals surface area contributed by atoms with Gasteiger partial charge in [0.25, 0.3) is 0 Å². The van der Waals surface area contributed by atoms with Crippen LogP contribution in [0.1, 0.15) is 0 Å². The van der Waals surface area contributed by atoms with E-state index in [-0.39, 0.29) is 0 Å². The van der Waals surface area contributed by atoms with Gasteiger partial charge in [-0.05, 0) is 22.0 Å². The van der Waals surface area contributed by atoms with Crippen LogP contribution in [0.2, 0.25) is 0 Å². The third-order valence-electron chi connectivity index (χ3n) is 0.848. The summed E-state index contributed by atoms with van der Waals surface area (Å²) in [5.41, 5.74) is 0. The van der Waals surface area contributed by atoms with Crippen molar-refractivity contribution in [1.29, 1.82) is 0 Å². The topological polar surface area (TPSA) is 80.9 Å². The zero-order chi connectivity index (χ0) is 9.56. The van der Waals surface area contributed by atoms with E-state index in [4.69, 9.17) is 20.1 Å². The molecule has 0 amide bonds. The number of halogens is 1. The van der Waals surface area contributed by atoms with E-state index in [1.807, 2.05) is 0 Å². The van der Waals surface area contributed by atoms with E-state index in [1.54, 1.807) is 12.1 Å². The Kier molecular flexibility index (Phi) is 6.73. The zero-order valence-electron chi connectivity index (χ0n) is 6.01. The van der Waals surface area contributed by atoms with Crippen molar-refractivity contribution in [3.8, 4) is 0 Å². The van der Waals surface area contributed by atoms with E-state index in [2.05, 4.69) is 15.9 Å². The minimum absolute atomic E-state index is 0.557. The quantitative estimate of drug-likeness (QED) is 0.455. The van der Waals surface area contributed by atoms with Crippen molar-refractivity contribution in [2.75, 3.05) is 0 Å². The van der Waals surface area contributed by atoms with Crippen LogP contribution in [0.15, 0.2) is 15.9 Å². The molecular formula is C4H7B2BrO4S. The first kappa shape index (κ1) is 12.1. The van der Waals surface area contributed by atoms with Crippen molar-refractivity contribution in [3.05, 3.63) is 15.9 Å². The zero-order valence-corrected chi connectivity index (χ0v) is 8.42. The van der Waals surface area contributed by atoms with Crippen LogP contribution in [0.3, 0.4) is 0 Å². The predicted octanol–water partition coefficient (Wildman–Crippen LogP) is -1.57. The van der Waals surface area contributed by atoms with Gasteiger partial charge in [-0.15, -0.1) is 11.3 Å². The first-order chi connectivity index (χ1) is 5.61. The summed E-state index contributed by atoms with van der Waals surface area (Å²) < 4.78 is 1.47. The minimum atomic E-state index is -1.33. The fraction of sp³-hybridized carbons (Fsp3) is 0. The lowest BCUT2D eigenvalue weighted by Crippen LogP contribution is -2.26. The largest absolute Gasteiger partial charge is 0.499 e. The molecule has 0 aliphatic carbocycles. The maximum absolute atomic E-state index is 8.58. The molecule has 0 fully saturated rings. The highest BCUT2D eigenvalue weighted by molar-refractivity contribution is 9.11. The van der Waals surface area contributed by atoms with Gasteiger partial charge in [-0.2, -0.15) is 0 Å². The Labute approximate surface area is 83.1 Å². The molecule has 0 radical (unpaired) electrons. The Morgan fingerprint density at radius 2 is 1.83 bits per heavy atom. The number of hydrogen-bond acceptors (Lipinski definition) is 5. The molecule has 1 aromatic heterocycles. The van der Waals surface area contributed by atoms with Gasteiger partial charge in [0.05, 0.1) is 3.79 Å². The molecule has 0 saturated heterocycles. The molecule has 0 aliphatic heterocycles. The Bertz CT molecular complexity index is 219. The molecule has 8 heteroatoms. The predicted molar refractivity (Wildman–Crippen MR) is 53.4 cm³/mol. The van der Waals surface area contributed by atoms with Crippen molar-refractivity contribution >= 4 is 46.8 Å². The molecule has 0 aromatic carbocycles. The van der Waals surface area contributed by atoms with Crippen LogP contribution in [0, 0.1) is 0 Å². The minimum Gasteiger partial charge on any atom is -0.430 e. The maximum Gasteiger partial charge on any atom is 0.499 e. The summed E-state index contributed by atoms with van der Waals surface area (Å²) in [6.07, 6.45) is 0. The van der Waals surface area contributed by atoms with E-state index in [0.717, 1.165) is 3.79 Å². The van der Waals surface area contributed by atoms with E-state index in [1.165, 1.54) is 11.3 Å². The van der Waals surface area contributed by atoms with Gasteiger partial charge in [0.2, 0.25) is 0 Å². The lowest BCUT2D eigenvalue weighted by Gasteiger charge is -1.87. The molecule has 4 N–H and O–H groups in total. The van der Waals surface area contributed by atoms with Gasteiger partial charge in [0.1, 0.15) is 0 Å². The maximum atomic E-state index is 8.58. The molecule has 4 nitrogen and oxygen atoms in total. The highest BCUT2D eigenvalue weighted by atomic mass is 79.9. The summed E-state index contributed by atoms with van der Waals surface area (Å²) in [7, 11) is -2.08. The van der Waals surface area contributed by atoms with Crippen LogP contribution in [0.4, 0.5) is 0 Å². The van der Waals surface area contributed by atoms with Crippen molar-refractivity contribution in [1.82, 2.24) is 0 Å². The fourth-order valence-electron chi connectivity index (χ4n) is 0.467. The van der Waals surface area contributed by atoms with E-state index in [0.29, 0.717) is 4.78 Å². The van der Waals surface area contributed by atoms with Crippen LogP contribution >= 0.6 is 27.3 Å². The number of thiophene rings is 1.